The molecular weight excluding hydrogens is 341 g/mol. The van der Waals surface area contributed by atoms with Crippen molar-refractivity contribution in [3.63, 3.8) is 0 Å². The maximum Gasteiger partial charge on any atom is 0.355 e. The van der Waals surface area contributed by atoms with Gasteiger partial charge in [-0.25, -0.2) is 9.18 Å². The van der Waals surface area contributed by atoms with Crippen molar-refractivity contribution in [3.05, 3.63) is 58.2 Å². The van der Waals surface area contributed by atoms with Crippen LogP contribution >= 0.6 is 11.8 Å². The van der Waals surface area contributed by atoms with Gasteiger partial charge in [0.15, 0.2) is 5.78 Å². The number of aromatic nitrogens is 1. The molecular formula is C19H20FNO3S. The lowest BCUT2D eigenvalue weighted by Gasteiger charge is -2.22. The number of H-pyrrole nitrogens is 1. The van der Waals surface area contributed by atoms with Gasteiger partial charge < -0.3 is 9.72 Å². The number of aromatic amines is 1. The number of ketones is 1. The topological polar surface area (TPSA) is 59.2 Å². The smallest absolute Gasteiger partial charge is 0.355 e. The Labute approximate surface area is 150 Å². The standard InChI is InChI=1S/C19H20FNO3S/c1-11-17-15(21-18(11)19(23)24-7-8-25-2)9-13(10-16(17)22)12-3-5-14(20)6-4-12/h3-6,13,21H,7-10H2,1-2H3/t13-/m1/s1. The first-order valence-electron chi connectivity index (χ1n) is 8.17. The van der Waals surface area contributed by atoms with Crippen molar-refractivity contribution in [1.29, 1.82) is 0 Å². The third-order valence-electron chi connectivity index (χ3n) is 4.55. The molecule has 0 amide bonds. The minimum Gasteiger partial charge on any atom is -0.460 e. The van der Waals surface area contributed by atoms with Gasteiger partial charge in [0.25, 0.3) is 0 Å². The quantitative estimate of drug-likeness (QED) is 0.648. The summed E-state index contributed by atoms with van der Waals surface area (Å²) < 4.78 is 18.4. The highest BCUT2D eigenvalue weighted by Gasteiger charge is 2.32. The lowest BCUT2D eigenvalue weighted by Crippen LogP contribution is -2.18. The predicted octanol–water partition coefficient (Wildman–Crippen LogP) is 3.89. The fourth-order valence-corrected chi connectivity index (χ4v) is 3.55. The molecule has 0 bridgehead atoms. The van der Waals surface area contributed by atoms with Crippen LogP contribution in [0.15, 0.2) is 24.3 Å². The molecule has 0 unspecified atom stereocenters. The second kappa shape index (κ2) is 7.44. The highest BCUT2D eigenvalue weighted by molar-refractivity contribution is 7.98. The summed E-state index contributed by atoms with van der Waals surface area (Å²) in [4.78, 5) is 27.9. The number of esters is 1. The molecule has 132 valence electrons. The summed E-state index contributed by atoms with van der Waals surface area (Å²) in [5.41, 5.74) is 3.32. The van der Waals surface area contributed by atoms with Gasteiger partial charge >= 0.3 is 5.97 Å². The summed E-state index contributed by atoms with van der Waals surface area (Å²) >= 11 is 1.60. The zero-order valence-corrected chi connectivity index (χ0v) is 15.0. The van der Waals surface area contributed by atoms with E-state index in [1.807, 2.05) is 6.26 Å². The van der Waals surface area contributed by atoms with Crippen LogP contribution < -0.4 is 0 Å². The van der Waals surface area contributed by atoms with Crippen molar-refractivity contribution in [1.82, 2.24) is 4.98 Å². The minimum atomic E-state index is -0.424. The van der Waals surface area contributed by atoms with E-state index in [-0.39, 0.29) is 17.5 Å². The van der Waals surface area contributed by atoms with Crippen LogP contribution in [0.1, 0.15) is 50.0 Å². The first-order chi connectivity index (χ1) is 12.0. The van der Waals surface area contributed by atoms with E-state index in [0.29, 0.717) is 36.3 Å². The SMILES string of the molecule is CSCCOC(=O)c1[nH]c2c(c1C)C(=O)C[C@H](c1ccc(F)cc1)C2. The van der Waals surface area contributed by atoms with E-state index in [1.54, 1.807) is 30.8 Å². The van der Waals surface area contributed by atoms with Crippen molar-refractivity contribution in [2.24, 2.45) is 0 Å². The molecule has 0 radical (unpaired) electrons. The van der Waals surface area contributed by atoms with Gasteiger partial charge in [0.1, 0.15) is 18.1 Å². The van der Waals surface area contributed by atoms with Crippen molar-refractivity contribution in [2.45, 2.75) is 25.7 Å². The third kappa shape index (κ3) is 3.63. The number of ether oxygens (including phenoxy) is 1. The van der Waals surface area contributed by atoms with Crippen LogP contribution in [0, 0.1) is 12.7 Å². The fourth-order valence-electron chi connectivity index (χ4n) is 3.30. The first-order valence-corrected chi connectivity index (χ1v) is 9.56. The van der Waals surface area contributed by atoms with E-state index in [9.17, 15) is 14.0 Å². The Morgan fingerprint density at radius 3 is 2.72 bits per heavy atom. The summed E-state index contributed by atoms with van der Waals surface area (Å²) in [6.45, 7) is 2.12. The molecule has 1 N–H and O–H groups in total. The number of benzene rings is 1. The zero-order chi connectivity index (χ0) is 18.0. The average Bonchev–Trinajstić information content (AvgIpc) is 2.93. The maximum absolute atomic E-state index is 13.1. The Hall–Kier alpha value is -2.08. The van der Waals surface area contributed by atoms with Crippen LogP contribution in [0.2, 0.25) is 0 Å². The fraction of sp³-hybridized carbons (Fsp3) is 0.368. The second-order valence-corrected chi connectivity index (χ2v) is 7.17. The van der Waals surface area contributed by atoms with Crippen molar-refractivity contribution < 1.29 is 18.7 Å². The molecule has 0 saturated carbocycles. The number of rotatable bonds is 5. The van der Waals surface area contributed by atoms with Crippen LogP contribution in [-0.4, -0.2) is 35.4 Å². The summed E-state index contributed by atoms with van der Waals surface area (Å²) in [5.74, 6) is 0.00713. The van der Waals surface area contributed by atoms with Crippen molar-refractivity contribution >= 4 is 23.5 Å². The molecule has 1 aliphatic carbocycles. The first kappa shape index (κ1) is 17.7. The number of nitrogens with one attached hydrogen (secondary N) is 1. The molecule has 0 fully saturated rings. The number of hydrogen-bond acceptors (Lipinski definition) is 4. The number of carbonyl (C=O) groups is 2. The Kier molecular flexibility index (Phi) is 5.27. The van der Waals surface area contributed by atoms with Gasteiger partial charge in [0.05, 0.1) is 0 Å². The van der Waals surface area contributed by atoms with Gasteiger partial charge in [-0.15, -0.1) is 0 Å². The number of halogens is 1. The number of carbonyl (C=O) groups excluding carboxylic acids is 2. The number of thioether (sulfide) groups is 1. The van der Waals surface area contributed by atoms with E-state index in [4.69, 9.17) is 4.74 Å². The predicted molar refractivity (Wildman–Crippen MR) is 96.0 cm³/mol. The van der Waals surface area contributed by atoms with Crippen LogP contribution in [-0.2, 0) is 11.2 Å². The molecule has 4 nitrogen and oxygen atoms in total. The maximum atomic E-state index is 13.1. The van der Waals surface area contributed by atoms with Gasteiger partial charge in [0, 0.05) is 23.4 Å². The lowest BCUT2D eigenvalue weighted by atomic mass is 9.81. The molecule has 1 atom stereocenters. The number of hydrogen-bond donors (Lipinski definition) is 1. The normalized spacial score (nSPS) is 16.6. The molecule has 1 aliphatic rings. The number of fused-ring (bicyclic) bond motifs is 1. The van der Waals surface area contributed by atoms with Gasteiger partial charge in [-0.2, -0.15) is 11.8 Å². The van der Waals surface area contributed by atoms with E-state index >= 15 is 0 Å². The molecule has 0 spiro atoms. The van der Waals surface area contributed by atoms with Gasteiger partial charge in [0.2, 0.25) is 0 Å². The molecule has 2 aromatic rings. The Morgan fingerprint density at radius 2 is 2.04 bits per heavy atom. The minimum absolute atomic E-state index is 0.00693. The molecule has 25 heavy (non-hydrogen) atoms. The Balaban J connectivity index is 1.84. The van der Waals surface area contributed by atoms with Gasteiger partial charge in [-0.1, -0.05) is 12.1 Å². The highest BCUT2D eigenvalue weighted by atomic mass is 32.2. The van der Waals surface area contributed by atoms with Crippen molar-refractivity contribution in [3.8, 4) is 0 Å². The van der Waals surface area contributed by atoms with Crippen LogP contribution in [0.3, 0.4) is 0 Å². The summed E-state index contributed by atoms with van der Waals surface area (Å²) in [6.07, 6.45) is 2.92. The van der Waals surface area contributed by atoms with E-state index in [1.165, 1.54) is 12.1 Å². The second-order valence-electron chi connectivity index (χ2n) is 6.19. The summed E-state index contributed by atoms with van der Waals surface area (Å²) in [6, 6.07) is 6.24. The lowest BCUT2D eigenvalue weighted by molar-refractivity contribution is 0.0523. The molecule has 6 heteroatoms. The van der Waals surface area contributed by atoms with Gasteiger partial charge in [-0.05, 0) is 48.8 Å². The van der Waals surface area contributed by atoms with Crippen molar-refractivity contribution in [2.75, 3.05) is 18.6 Å². The van der Waals surface area contributed by atoms with Gasteiger partial charge in [-0.3, -0.25) is 4.79 Å². The molecule has 3 rings (SSSR count). The molecule has 0 saturated heterocycles. The highest BCUT2D eigenvalue weighted by Crippen LogP contribution is 2.35. The van der Waals surface area contributed by atoms with E-state index in [2.05, 4.69) is 4.98 Å². The molecule has 1 aromatic heterocycles. The number of Topliss-reactive ketones (excluding diaryl/α,β-unsaturated/α-hetero) is 1. The monoisotopic (exact) mass is 361 g/mol. The Morgan fingerprint density at radius 1 is 1.32 bits per heavy atom. The molecule has 1 aromatic carbocycles. The van der Waals surface area contributed by atoms with E-state index in [0.717, 1.165) is 17.0 Å². The summed E-state index contributed by atoms with van der Waals surface area (Å²) in [5, 5.41) is 0. The zero-order valence-electron chi connectivity index (χ0n) is 14.2. The Bertz CT molecular complexity index is 798. The van der Waals surface area contributed by atoms with Crippen LogP contribution in [0.5, 0.6) is 0 Å². The summed E-state index contributed by atoms with van der Waals surface area (Å²) in [7, 11) is 0. The van der Waals surface area contributed by atoms with Crippen LogP contribution in [0.25, 0.3) is 0 Å². The largest absolute Gasteiger partial charge is 0.460 e. The molecule has 0 aliphatic heterocycles. The average molecular weight is 361 g/mol. The third-order valence-corrected chi connectivity index (χ3v) is 5.13. The molecule has 1 heterocycles. The van der Waals surface area contributed by atoms with E-state index < -0.39 is 5.97 Å². The van der Waals surface area contributed by atoms with Crippen LogP contribution in [0.4, 0.5) is 4.39 Å².